The number of benzene rings is 1. The molecule has 0 spiro atoms. The van der Waals surface area contributed by atoms with E-state index in [0.717, 1.165) is 24.5 Å². The molecule has 1 heterocycles. The van der Waals surface area contributed by atoms with Gasteiger partial charge in [0.15, 0.2) is 0 Å². The number of anilines is 2. The lowest BCUT2D eigenvalue weighted by atomic mass is 10.2. The first-order chi connectivity index (χ1) is 10.1. The lowest BCUT2D eigenvalue weighted by Gasteiger charge is -2.22. The fourth-order valence-corrected chi connectivity index (χ4v) is 2.58. The summed E-state index contributed by atoms with van der Waals surface area (Å²) in [5, 5.41) is 6.09. The molecule has 1 aromatic rings. The summed E-state index contributed by atoms with van der Waals surface area (Å²) in [7, 11) is 0. The summed E-state index contributed by atoms with van der Waals surface area (Å²) in [4.78, 5) is 25.0. The Morgan fingerprint density at radius 1 is 1.29 bits per heavy atom. The largest absolute Gasteiger partial charge is 0.370 e. The summed E-state index contributed by atoms with van der Waals surface area (Å²) in [6.45, 7) is 3.76. The van der Waals surface area contributed by atoms with Gasteiger partial charge in [0.1, 0.15) is 0 Å². The number of hydrogen-bond acceptors (Lipinski definition) is 3. The molecule has 1 fully saturated rings. The van der Waals surface area contributed by atoms with Crippen molar-refractivity contribution in [2.45, 2.75) is 26.2 Å². The number of carbonyl (C=O) groups is 2. The van der Waals surface area contributed by atoms with E-state index in [1.54, 1.807) is 6.07 Å². The Hall–Kier alpha value is -1.75. The smallest absolute Gasteiger partial charge is 0.226 e. The van der Waals surface area contributed by atoms with E-state index in [1.165, 1.54) is 19.8 Å². The van der Waals surface area contributed by atoms with Crippen LogP contribution in [-0.2, 0) is 9.59 Å². The minimum absolute atomic E-state index is 0.133. The van der Waals surface area contributed by atoms with Gasteiger partial charge in [0.2, 0.25) is 11.8 Å². The topological polar surface area (TPSA) is 61.4 Å². The molecule has 0 aromatic heterocycles. The molecule has 2 N–H and O–H groups in total. The highest BCUT2D eigenvalue weighted by molar-refractivity contribution is 6.31. The maximum absolute atomic E-state index is 11.9. The van der Waals surface area contributed by atoms with Gasteiger partial charge in [0, 0.05) is 38.0 Å². The molecule has 0 aliphatic carbocycles. The van der Waals surface area contributed by atoms with E-state index in [4.69, 9.17) is 11.6 Å². The van der Waals surface area contributed by atoms with Crippen LogP contribution in [0.3, 0.4) is 0 Å². The Bertz CT molecular complexity index is 528. The molecule has 2 rings (SSSR count). The lowest BCUT2D eigenvalue weighted by molar-refractivity contribution is -0.119. The van der Waals surface area contributed by atoms with E-state index in [-0.39, 0.29) is 18.2 Å². The third kappa shape index (κ3) is 4.63. The highest BCUT2D eigenvalue weighted by Crippen LogP contribution is 2.31. The molecule has 1 aliphatic heterocycles. The Morgan fingerprint density at radius 3 is 2.67 bits per heavy atom. The van der Waals surface area contributed by atoms with E-state index in [2.05, 4.69) is 15.5 Å². The maximum atomic E-state index is 11.9. The number of nitrogens with one attached hydrogen (secondary N) is 2. The maximum Gasteiger partial charge on any atom is 0.226 e. The minimum Gasteiger partial charge on any atom is -0.370 e. The van der Waals surface area contributed by atoms with Crippen molar-refractivity contribution in [2.75, 3.05) is 29.9 Å². The molecule has 114 valence electrons. The standard InChI is InChI=1S/C15H20ClN3O2/c1-11(20)17-7-6-15(21)18-13-10-12(16)4-5-14(13)19-8-2-3-9-19/h4-5,10H,2-3,6-9H2,1H3,(H,17,20)(H,18,21). The molecule has 1 aromatic carbocycles. The van der Waals surface area contributed by atoms with E-state index >= 15 is 0 Å². The van der Waals surface area contributed by atoms with Crippen LogP contribution < -0.4 is 15.5 Å². The zero-order valence-electron chi connectivity index (χ0n) is 12.1. The van der Waals surface area contributed by atoms with Crippen LogP contribution >= 0.6 is 11.6 Å². The average molecular weight is 310 g/mol. The van der Waals surface area contributed by atoms with Gasteiger partial charge in [-0.05, 0) is 31.0 Å². The predicted octanol–water partition coefficient (Wildman–Crippen LogP) is 2.40. The third-order valence-electron chi connectivity index (χ3n) is 3.41. The second-order valence-electron chi connectivity index (χ2n) is 5.14. The van der Waals surface area contributed by atoms with Crippen molar-refractivity contribution in [3.05, 3.63) is 23.2 Å². The molecule has 0 saturated carbocycles. The van der Waals surface area contributed by atoms with Gasteiger partial charge < -0.3 is 15.5 Å². The minimum atomic E-state index is -0.136. The molecule has 0 unspecified atom stereocenters. The quantitative estimate of drug-likeness (QED) is 0.878. The monoisotopic (exact) mass is 309 g/mol. The molecule has 5 nitrogen and oxygen atoms in total. The van der Waals surface area contributed by atoms with Crippen LogP contribution in [0.5, 0.6) is 0 Å². The Balaban J connectivity index is 2.02. The average Bonchev–Trinajstić information content (AvgIpc) is 2.92. The van der Waals surface area contributed by atoms with Crippen LogP contribution in [-0.4, -0.2) is 31.4 Å². The highest BCUT2D eigenvalue weighted by atomic mass is 35.5. The second kappa shape index (κ2) is 7.31. The van der Waals surface area contributed by atoms with Crippen molar-refractivity contribution < 1.29 is 9.59 Å². The van der Waals surface area contributed by atoms with E-state index < -0.39 is 0 Å². The molecule has 0 atom stereocenters. The predicted molar refractivity (Wildman–Crippen MR) is 84.8 cm³/mol. The summed E-state index contributed by atoms with van der Waals surface area (Å²) in [5.74, 6) is -0.269. The van der Waals surface area contributed by atoms with E-state index in [0.29, 0.717) is 11.6 Å². The highest BCUT2D eigenvalue weighted by Gasteiger charge is 2.17. The van der Waals surface area contributed by atoms with Crippen molar-refractivity contribution in [1.82, 2.24) is 5.32 Å². The van der Waals surface area contributed by atoms with Crippen molar-refractivity contribution >= 4 is 34.8 Å². The number of halogens is 1. The normalized spacial score (nSPS) is 14.1. The zero-order valence-corrected chi connectivity index (χ0v) is 12.9. The van der Waals surface area contributed by atoms with Crippen molar-refractivity contribution in [2.24, 2.45) is 0 Å². The number of hydrogen-bond donors (Lipinski definition) is 2. The molecule has 2 amide bonds. The fourth-order valence-electron chi connectivity index (χ4n) is 2.41. The molecule has 0 bridgehead atoms. The first kappa shape index (κ1) is 15.6. The van der Waals surface area contributed by atoms with Gasteiger partial charge in [-0.3, -0.25) is 9.59 Å². The molecule has 0 radical (unpaired) electrons. The third-order valence-corrected chi connectivity index (χ3v) is 3.64. The van der Waals surface area contributed by atoms with E-state index in [9.17, 15) is 9.59 Å². The second-order valence-corrected chi connectivity index (χ2v) is 5.57. The van der Waals surface area contributed by atoms with Crippen LogP contribution in [0.2, 0.25) is 5.02 Å². The number of amides is 2. The molecular formula is C15H20ClN3O2. The summed E-state index contributed by atoms with van der Waals surface area (Å²) >= 11 is 6.03. The van der Waals surface area contributed by atoms with Crippen LogP contribution in [0.4, 0.5) is 11.4 Å². The summed E-state index contributed by atoms with van der Waals surface area (Å²) in [6.07, 6.45) is 2.57. The van der Waals surface area contributed by atoms with Gasteiger partial charge >= 0.3 is 0 Å². The number of rotatable bonds is 5. The number of carbonyl (C=O) groups excluding carboxylic acids is 2. The van der Waals surface area contributed by atoms with Gasteiger partial charge in [0.05, 0.1) is 11.4 Å². The van der Waals surface area contributed by atoms with Gasteiger partial charge in [-0.2, -0.15) is 0 Å². The fraction of sp³-hybridized carbons (Fsp3) is 0.467. The first-order valence-electron chi connectivity index (χ1n) is 7.15. The van der Waals surface area contributed by atoms with Gasteiger partial charge in [-0.1, -0.05) is 11.6 Å². The molecular weight excluding hydrogens is 290 g/mol. The van der Waals surface area contributed by atoms with Crippen molar-refractivity contribution in [3.63, 3.8) is 0 Å². The molecule has 6 heteroatoms. The van der Waals surface area contributed by atoms with Crippen LogP contribution in [0.15, 0.2) is 18.2 Å². The molecule has 21 heavy (non-hydrogen) atoms. The van der Waals surface area contributed by atoms with Gasteiger partial charge in [-0.25, -0.2) is 0 Å². The Morgan fingerprint density at radius 2 is 2.00 bits per heavy atom. The van der Waals surface area contributed by atoms with E-state index in [1.807, 2.05) is 12.1 Å². The van der Waals surface area contributed by atoms with Gasteiger partial charge in [0.25, 0.3) is 0 Å². The van der Waals surface area contributed by atoms with Crippen LogP contribution in [0.1, 0.15) is 26.2 Å². The van der Waals surface area contributed by atoms with Crippen LogP contribution in [0.25, 0.3) is 0 Å². The van der Waals surface area contributed by atoms with Crippen molar-refractivity contribution in [1.29, 1.82) is 0 Å². The molecule has 1 saturated heterocycles. The summed E-state index contributed by atoms with van der Waals surface area (Å²) in [6, 6.07) is 5.55. The summed E-state index contributed by atoms with van der Waals surface area (Å²) in [5.41, 5.74) is 1.74. The zero-order chi connectivity index (χ0) is 15.2. The summed E-state index contributed by atoms with van der Waals surface area (Å²) < 4.78 is 0. The SMILES string of the molecule is CC(=O)NCCC(=O)Nc1cc(Cl)ccc1N1CCCC1. The lowest BCUT2D eigenvalue weighted by Crippen LogP contribution is -2.26. The Labute approximate surface area is 129 Å². The first-order valence-corrected chi connectivity index (χ1v) is 7.53. The van der Waals surface area contributed by atoms with Gasteiger partial charge in [-0.15, -0.1) is 0 Å². The molecule has 1 aliphatic rings. The van der Waals surface area contributed by atoms with Crippen molar-refractivity contribution in [3.8, 4) is 0 Å². The number of nitrogens with zero attached hydrogens (tertiary/aromatic N) is 1. The van der Waals surface area contributed by atoms with Crippen LogP contribution in [0, 0.1) is 0 Å². The Kier molecular flexibility index (Phi) is 5.44.